The number of aryl methyl sites for hydroxylation is 1. The van der Waals surface area contributed by atoms with Crippen LogP contribution in [0.5, 0.6) is 0 Å². The minimum atomic E-state index is -1.08. The van der Waals surface area contributed by atoms with Gasteiger partial charge in [-0.3, -0.25) is 4.79 Å². The van der Waals surface area contributed by atoms with Gasteiger partial charge in [0.2, 0.25) is 5.91 Å². The first kappa shape index (κ1) is 21.4. The Morgan fingerprint density at radius 3 is 2.53 bits per heavy atom. The maximum Gasteiger partial charge on any atom is 0.339 e. The van der Waals surface area contributed by atoms with Crippen LogP contribution in [0.25, 0.3) is 33.1 Å². The maximum atomic E-state index is 12.6. The predicted octanol–water partition coefficient (Wildman–Crippen LogP) is 4.43. The van der Waals surface area contributed by atoms with Crippen LogP contribution in [-0.2, 0) is 16.0 Å². The molecule has 0 aliphatic heterocycles. The number of carbonyl (C=O) groups excluding carboxylic acids is 1. The molecule has 164 valence electrons. The van der Waals surface area contributed by atoms with Gasteiger partial charge in [0.05, 0.1) is 6.26 Å². The fourth-order valence-electron chi connectivity index (χ4n) is 3.88. The Balaban J connectivity index is 1.68. The number of carboxylic acids is 1. The molecular weight excluding hydrogens is 410 g/mol. The molecule has 0 spiro atoms. The van der Waals surface area contributed by atoms with Crippen molar-refractivity contribution < 1.29 is 23.5 Å². The van der Waals surface area contributed by atoms with Crippen molar-refractivity contribution in [2.45, 2.75) is 39.2 Å². The molecule has 0 fully saturated rings. The first-order chi connectivity index (χ1) is 15.4. The molecule has 0 saturated carbocycles. The number of rotatable bonds is 7. The number of carboxylic acid groups (broad SMARTS) is 1. The second-order valence-corrected chi connectivity index (χ2v) is 7.72. The molecule has 1 amide bonds. The Labute approximate surface area is 183 Å². The third-order valence-corrected chi connectivity index (χ3v) is 5.71. The highest BCUT2D eigenvalue weighted by Gasteiger charge is 2.19. The first-order valence-corrected chi connectivity index (χ1v) is 10.4. The summed E-state index contributed by atoms with van der Waals surface area (Å²) in [7, 11) is 0. The summed E-state index contributed by atoms with van der Waals surface area (Å²) in [6.07, 6.45) is 2.11. The summed E-state index contributed by atoms with van der Waals surface area (Å²) in [4.78, 5) is 35.9. The Hall–Kier alpha value is -3.87. The summed E-state index contributed by atoms with van der Waals surface area (Å²) in [6.45, 7) is 3.51. The molecular formula is C25H23NO6. The van der Waals surface area contributed by atoms with E-state index in [1.807, 2.05) is 43.3 Å². The van der Waals surface area contributed by atoms with Crippen LogP contribution in [0.2, 0.25) is 0 Å². The standard InChI is InChI=1S/C25H23NO6/c1-3-20(24(28)29)26-23(27)10-9-16-14(2)17-11-18-19(15-7-5-4-6-8-15)13-31-21(18)12-22(17)32-25(16)30/h4-8,11-13,20H,3,9-10H2,1-2H3,(H,26,27)(H,28,29)/t20-/m1/s1. The zero-order valence-corrected chi connectivity index (χ0v) is 17.8. The van der Waals surface area contributed by atoms with Crippen molar-refractivity contribution in [3.8, 4) is 11.1 Å². The lowest BCUT2D eigenvalue weighted by Gasteiger charge is -2.12. The van der Waals surface area contributed by atoms with Crippen LogP contribution in [0.3, 0.4) is 0 Å². The van der Waals surface area contributed by atoms with Crippen LogP contribution >= 0.6 is 0 Å². The quantitative estimate of drug-likeness (QED) is 0.417. The molecule has 4 rings (SSSR count). The monoisotopic (exact) mass is 433 g/mol. The van der Waals surface area contributed by atoms with E-state index in [1.54, 1.807) is 19.3 Å². The summed E-state index contributed by atoms with van der Waals surface area (Å²) in [5.41, 5.74) is 3.61. The van der Waals surface area contributed by atoms with Crippen LogP contribution in [0.1, 0.15) is 30.9 Å². The van der Waals surface area contributed by atoms with Gasteiger partial charge in [0.1, 0.15) is 17.2 Å². The molecule has 7 nitrogen and oxygen atoms in total. The highest BCUT2D eigenvalue weighted by molar-refractivity contribution is 6.02. The summed E-state index contributed by atoms with van der Waals surface area (Å²) in [5, 5.41) is 13.2. The van der Waals surface area contributed by atoms with Crippen molar-refractivity contribution >= 4 is 33.8 Å². The van der Waals surface area contributed by atoms with Crippen molar-refractivity contribution in [2.24, 2.45) is 0 Å². The van der Waals surface area contributed by atoms with Gasteiger partial charge in [0.15, 0.2) is 0 Å². The molecule has 0 bridgehead atoms. The number of hydrogen-bond donors (Lipinski definition) is 2. The van der Waals surface area contributed by atoms with Crippen LogP contribution in [-0.4, -0.2) is 23.0 Å². The largest absolute Gasteiger partial charge is 0.480 e. The third-order valence-electron chi connectivity index (χ3n) is 5.71. The van der Waals surface area contributed by atoms with E-state index in [2.05, 4.69) is 5.32 Å². The third kappa shape index (κ3) is 4.01. The zero-order valence-electron chi connectivity index (χ0n) is 17.8. The van der Waals surface area contributed by atoms with Crippen molar-refractivity contribution in [3.05, 3.63) is 70.3 Å². The average molecular weight is 433 g/mol. The molecule has 0 aliphatic rings. The molecule has 2 aromatic heterocycles. The average Bonchev–Trinajstić information content (AvgIpc) is 3.19. The second kappa shape index (κ2) is 8.70. The topological polar surface area (TPSA) is 110 Å². The molecule has 2 aromatic carbocycles. The predicted molar refractivity (Wildman–Crippen MR) is 121 cm³/mol. The maximum absolute atomic E-state index is 12.6. The van der Waals surface area contributed by atoms with Gasteiger partial charge in [0.25, 0.3) is 0 Å². The number of carbonyl (C=O) groups is 2. The lowest BCUT2D eigenvalue weighted by Crippen LogP contribution is -2.40. The van der Waals surface area contributed by atoms with E-state index in [0.717, 1.165) is 27.5 Å². The Morgan fingerprint density at radius 1 is 1.09 bits per heavy atom. The number of hydrogen-bond acceptors (Lipinski definition) is 5. The van der Waals surface area contributed by atoms with E-state index in [-0.39, 0.29) is 19.3 Å². The van der Waals surface area contributed by atoms with E-state index in [0.29, 0.717) is 16.7 Å². The van der Waals surface area contributed by atoms with Crippen molar-refractivity contribution in [3.63, 3.8) is 0 Å². The number of nitrogens with one attached hydrogen (secondary N) is 1. The van der Waals surface area contributed by atoms with Crippen molar-refractivity contribution in [1.29, 1.82) is 0 Å². The normalized spacial score (nSPS) is 12.2. The van der Waals surface area contributed by atoms with E-state index < -0.39 is 23.5 Å². The van der Waals surface area contributed by atoms with Crippen LogP contribution in [0.4, 0.5) is 0 Å². The van der Waals surface area contributed by atoms with Gasteiger partial charge in [0, 0.05) is 34.4 Å². The Morgan fingerprint density at radius 2 is 1.84 bits per heavy atom. The molecule has 2 N–H and O–H groups in total. The number of fused-ring (bicyclic) bond motifs is 2. The molecule has 4 aromatic rings. The minimum absolute atomic E-state index is 0.00981. The molecule has 0 saturated heterocycles. The second-order valence-electron chi connectivity index (χ2n) is 7.72. The van der Waals surface area contributed by atoms with Crippen molar-refractivity contribution in [2.75, 3.05) is 0 Å². The van der Waals surface area contributed by atoms with E-state index in [4.69, 9.17) is 13.9 Å². The van der Waals surface area contributed by atoms with Gasteiger partial charge in [-0.1, -0.05) is 37.3 Å². The summed E-state index contributed by atoms with van der Waals surface area (Å²) in [6, 6.07) is 12.6. The van der Waals surface area contributed by atoms with Crippen LogP contribution in [0, 0.1) is 6.92 Å². The minimum Gasteiger partial charge on any atom is -0.480 e. The Kier molecular flexibility index (Phi) is 5.81. The zero-order chi connectivity index (χ0) is 22.8. The number of amides is 1. The van der Waals surface area contributed by atoms with Gasteiger partial charge >= 0.3 is 11.6 Å². The molecule has 32 heavy (non-hydrogen) atoms. The molecule has 0 radical (unpaired) electrons. The first-order valence-electron chi connectivity index (χ1n) is 10.4. The Bertz CT molecular complexity index is 1370. The SMILES string of the molecule is CC[C@@H](NC(=O)CCc1c(C)c2cc3c(-c4ccccc4)coc3cc2oc1=O)C(=O)O. The lowest BCUT2D eigenvalue weighted by molar-refractivity contribution is -0.141. The molecule has 2 heterocycles. The van der Waals surface area contributed by atoms with Gasteiger partial charge in [-0.2, -0.15) is 0 Å². The van der Waals surface area contributed by atoms with Gasteiger partial charge < -0.3 is 19.3 Å². The van der Waals surface area contributed by atoms with Crippen LogP contribution < -0.4 is 10.9 Å². The molecule has 1 atom stereocenters. The fourth-order valence-corrected chi connectivity index (χ4v) is 3.88. The molecule has 0 aliphatic carbocycles. The number of furan rings is 1. The van der Waals surface area contributed by atoms with Crippen molar-refractivity contribution in [1.82, 2.24) is 5.32 Å². The molecule has 0 unspecified atom stereocenters. The number of benzene rings is 2. The summed E-state index contributed by atoms with van der Waals surface area (Å²) >= 11 is 0. The lowest BCUT2D eigenvalue weighted by atomic mass is 9.99. The van der Waals surface area contributed by atoms with Crippen LogP contribution in [0.15, 0.2) is 62.4 Å². The van der Waals surface area contributed by atoms with Gasteiger partial charge in [-0.05, 0) is 37.0 Å². The van der Waals surface area contributed by atoms with E-state index >= 15 is 0 Å². The smallest absolute Gasteiger partial charge is 0.339 e. The highest BCUT2D eigenvalue weighted by atomic mass is 16.4. The van der Waals surface area contributed by atoms with E-state index in [9.17, 15) is 14.4 Å². The number of aliphatic carboxylic acids is 1. The fraction of sp³-hybridized carbons (Fsp3) is 0.240. The highest BCUT2D eigenvalue weighted by Crippen LogP contribution is 2.34. The molecule has 7 heteroatoms. The van der Waals surface area contributed by atoms with E-state index in [1.165, 1.54) is 0 Å². The summed E-state index contributed by atoms with van der Waals surface area (Å²) in [5.74, 6) is -1.50. The van der Waals surface area contributed by atoms with Gasteiger partial charge in [-0.15, -0.1) is 0 Å². The van der Waals surface area contributed by atoms with Gasteiger partial charge in [-0.25, -0.2) is 9.59 Å². The summed E-state index contributed by atoms with van der Waals surface area (Å²) < 4.78 is 11.2.